The van der Waals surface area contributed by atoms with Gasteiger partial charge in [-0.2, -0.15) is 0 Å². The van der Waals surface area contributed by atoms with Crippen LogP contribution < -0.4 is 5.32 Å². The molecule has 2 unspecified atom stereocenters. The molecule has 0 aromatic rings. The van der Waals surface area contributed by atoms with Crippen LogP contribution in [0.15, 0.2) is 0 Å². The molecule has 0 spiro atoms. The minimum Gasteiger partial charge on any atom is -0.340 e. The van der Waals surface area contributed by atoms with E-state index in [0.717, 1.165) is 0 Å². The van der Waals surface area contributed by atoms with Gasteiger partial charge in [-0.25, -0.2) is 8.42 Å². The second kappa shape index (κ2) is 5.59. The molecule has 0 aliphatic carbocycles. The van der Waals surface area contributed by atoms with Crippen LogP contribution in [0.2, 0.25) is 0 Å². The molecule has 1 rings (SSSR count). The molecule has 6 nitrogen and oxygen atoms in total. The number of nitrogens with zero attached hydrogens (tertiary/aromatic N) is 1. The Balaban J connectivity index is 2.96. The van der Waals surface area contributed by atoms with Crippen molar-refractivity contribution in [1.82, 2.24) is 10.2 Å². The minimum atomic E-state index is -3.33. The van der Waals surface area contributed by atoms with Crippen molar-refractivity contribution in [3.63, 3.8) is 0 Å². The molecule has 122 valence electrons. The predicted molar refractivity (Wildman–Crippen MR) is 81.6 cm³/mol. The van der Waals surface area contributed by atoms with Crippen molar-refractivity contribution in [2.24, 2.45) is 0 Å². The summed E-state index contributed by atoms with van der Waals surface area (Å²) < 4.78 is 23.5. The van der Waals surface area contributed by atoms with E-state index in [4.69, 9.17) is 0 Å². The van der Waals surface area contributed by atoms with E-state index < -0.39 is 26.2 Å². The van der Waals surface area contributed by atoms with Crippen LogP contribution in [0.4, 0.5) is 0 Å². The Morgan fingerprint density at radius 2 is 1.81 bits per heavy atom. The summed E-state index contributed by atoms with van der Waals surface area (Å²) in [5.74, 6) is -0.604. The maximum absolute atomic E-state index is 12.5. The van der Waals surface area contributed by atoms with Crippen LogP contribution in [0.1, 0.15) is 48.0 Å². The van der Waals surface area contributed by atoms with Gasteiger partial charge in [0.25, 0.3) is 0 Å². The third kappa shape index (κ3) is 3.39. The zero-order valence-corrected chi connectivity index (χ0v) is 14.5. The summed E-state index contributed by atoms with van der Waals surface area (Å²) in [5, 5.41) is 2.72. The Bertz CT molecular complexity index is 536. The van der Waals surface area contributed by atoms with E-state index in [2.05, 4.69) is 5.32 Å². The molecule has 21 heavy (non-hydrogen) atoms. The van der Waals surface area contributed by atoms with E-state index in [1.807, 2.05) is 6.92 Å². The number of amides is 2. The Hall–Kier alpha value is -1.11. The van der Waals surface area contributed by atoms with E-state index in [1.165, 1.54) is 4.90 Å². The van der Waals surface area contributed by atoms with Gasteiger partial charge >= 0.3 is 0 Å². The van der Waals surface area contributed by atoms with Crippen LogP contribution in [0.3, 0.4) is 0 Å². The van der Waals surface area contributed by atoms with Crippen LogP contribution in [0, 0.1) is 0 Å². The number of sulfone groups is 1. The first-order chi connectivity index (χ1) is 9.35. The summed E-state index contributed by atoms with van der Waals surface area (Å²) in [5.41, 5.74) is -0.949. The molecule has 1 saturated heterocycles. The molecule has 7 heteroatoms. The van der Waals surface area contributed by atoms with Gasteiger partial charge in [-0.3, -0.25) is 9.59 Å². The monoisotopic (exact) mass is 318 g/mol. The van der Waals surface area contributed by atoms with Crippen LogP contribution in [-0.2, 0) is 19.4 Å². The topological polar surface area (TPSA) is 83.6 Å². The zero-order valence-electron chi connectivity index (χ0n) is 13.7. The Morgan fingerprint density at radius 1 is 1.29 bits per heavy atom. The number of nitrogens with one attached hydrogen (secondary N) is 1. The predicted octanol–water partition coefficient (Wildman–Crippen LogP) is 0.715. The molecule has 0 bridgehead atoms. The lowest BCUT2D eigenvalue weighted by Gasteiger charge is -2.43. The minimum absolute atomic E-state index is 0.0443. The molecule has 1 N–H and O–H groups in total. The highest BCUT2D eigenvalue weighted by Gasteiger charge is 2.45. The van der Waals surface area contributed by atoms with Gasteiger partial charge < -0.3 is 10.2 Å². The van der Waals surface area contributed by atoms with Gasteiger partial charge in [-0.15, -0.1) is 0 Å². The molecule has 1 heterocycles. The first kappa shape index (κ1) is 17.9. The van der Waals surface area contributed by atoms with Gasteiger partial charge in [0.2, 0.25) is 11.8 Å². The number of hydrogen-bond donors (Lipinski definition) is 1. The number of carbonyl (C=O) groups is 2. The van der Waals surface area contributed by atoms with Gasteiger partial charge in [0.05, 0.1) is 10.5 Å². The molecule has 0 aromatic heterocycles. The Labute approximate surface area is 127 Å². The summed E-state index contributed by atoms with van der Waals surface area (Å²) >= 11 is 0. The molecule has 1 aliphatic heterocycles. The largest absolute Gasteiger partial charge is 0.340 e. The van der Waals surface area contributed by atoms with Crippen molar-refractivity contribution in [3.05, 3.63) is 0 Å². The van der Waals surface area contributed by atoms with Crippen molar-refractivity contribution in [2.75, 3.05) is 12.3 Å². The van der Waals surface area contributed by atoms with Crippen LogP contribution >= 0.6 is 0 Å². The van der Waals surface area contributed by atoms with Crippen molar-refractivity contribution < 1.29 is 18.0 Å². The normalized spacial score (nSPS) is 27.7. The van der Waals surface area contributed by atoms with Gasteiger partial charge in [0, 0.05) is 6.54 Å². The lowest BCUT2D eigenvalue weighted by Crippen LogP contribution is -2.68. The van der Waals surface area contributed by atoms with Crippen molar-refractivity contribution in [2.45, 2.75) is 64.3 Å². The number of hydrogen-bond acceptors (Lipinski definition) is 4. The maximum Gasteiger partial charge on any atom is 0.248 e. The van der Waals surface area contributed by atoms with Crippen LogP contribution in [0.5, 0.6) is 0 Å². The SMILES string of the molecule is CCC1(C)NC(=O)C(C)N(CCS(=O)(=O)C(C)(C)C)C1=O. The maximum atomic E-state index is 12.5. The van der Waals surface area contributed by atoms with Crippen molar-refractivity contribution in [1.29, 1.82) is 0 Å². The highest BCUT2D eigenvalue weighted by Crippen LogP contribution is 2.22. The van der Waals surface area contributed by atoms with Gasteiger partial charge in [0.1, 0.15) is 11.6 Å². The van der Waals surface area contributed by atoms with Crippen molar-refractivity contribution in [3.8, 4) is 0 Å². The molecular weight excluding hydrogens is 292 g/mol. The number of piperazine rings is 1. The summed E-state index contributed by atoms with van der Waals surface area (Å²) in [4.78, 5) is 25.9. The van der Waals surface area contributed by atoms with E-state index in [1.54, 1.807) is 34.6 Å². The average Bonchev–Trinajstić information content (AvgIpc) is 2.35. The van der Waals surface area contributed by atoms with E-state index in [9.17, 15) is 18.0 Å². The summed E-state index contributed by atoms with van der Waals surface area (Å²) in [7, 11) is -3.33. The van der Waals surface area contributed by atoms with Gasteiger partial charge in [-0.1, -0.05) is 6.92 Å². The average molecular weight is 318 g/mol. The third-order valence-corrected chi connectivity index (χ3v) is 6.81. The lowest BCUT2D eigenvalue weighted by molar-refractivity contribution is -0.153. The highest BCUT2D eigenvalue weighted by atomic mass is 32.2. The zero-order chi connectivity index (χ0) is 16.6. The quantitative estimate of drug-likeness (QED) is 0.827. The highest BCUT2D eigenvalue weighted by molar-refractivity contribution is 7.92. The van der Waals surface area contributed by atoms with Gasteiger partial charge in [0.15, 0.2) is 9.84 Å². The summed E-state index contributed by atoms with van der Waals surface area (Å²) in [6.07, 6.45) is 0.465. The van der Waals surface area contributed by atoms with E-state index in [-0.39, 0.29) is 24.1 Å². The second-order valence-electron chi connectivity index (χ2n) is 6.78. The third-order valence-electron chi connectivity index (χ3n) is 4.22. The number of carbonyl (C=O) groups excluding carboxylic acids is 2. The van der Waals surface area contributed by atoms with E-state index in [0.29, 0.717) is 6.42 Å². The fraction of sp³-hybridized carbons (Fsp3) is 0.857. The molecule has 1 aliphatic rings. The standard InChI is InChI=1S/C14H26N2O4S/c1-7-14(6)12(18)16(10(2)11(17)15-14)8-9-21(19,20)13(3,4)5/h10H,7-9H2,1-6H3,(H,15,17). The smallest absolute Gasteiger partial charge is 0.248 e. The lowest BCUT2D eigenvalue weighted by atomic mass is 9.92. The summed E-state index contributed by atoms with van der Waals surface area (Å²) in [6, 6.07) is -0.646. The Morgan fingerprint density at radius 3 is 2.24 bits per heavy atom. The van der Waals surface area contributed by atoms with Crippen LogP contribution in [-0.4, -0.2) is 53.8 Å². The molecule has 0 aromatic carbocycles. The van der Waals surface area contributed by atoms with Gasteiger partial charge in [-0.05, 0) is 41.0 Å². The summed E-state index contributed by atoms with van der Waals surface area (Å²) in [6.45, 7) is 10.0. The molecular formula is C14H26N2O4S. The van der Waals surface area contributed by atoms with Crippen molar-refractivity contribution >= 4 is 21.7 Å². The fourth-order valence-electron chi connectivity index (χ4n) is 2.12. The van der Waals surface area contributed by atoms with Crippen LogP contribution in [0.25, 0.3) is 0 Å². The molecule has 0 saturated carbocycles. The number of rotatable bonds is 4. The molecule has 1 fully saturated rings. The Kier molecular flexibility index (Phi) is 4.77. The molecule has 2 atom stereocenters. The fourth-order valence-corrected chi connectivity index (χ4v) is 3.17. The molecule has 0 radical (unpaired) electrons. The first-order valence-electron chi connectivity index (χ1n) is 7.21. The molecule has 2 amide bonds. The second-order valence-corrected chi connectivity index (χ2v) is 9.64. The first-order valence-corrected chi connectivity index (χ1v) is 8.86. The van der Waals surface area contributed by atoms with E-state index >= 15 is 0 Å².